The zero-order valence-corrected chi connectivity index (χ0v) is 12.2. The van der Waals surface area contributed by atoms with Crippen molar-refractivity contribution >= 4 is 16.3 Å². The van der Waals surface area contributed by atoms with Gasteiger partial charge < -0.3 is 5.73 Å². The van der Waals surface area contributed by atoms with Crippen molar-refractivity contribution in [2.75, 3.05) is 6.54 Å². The predicted octanol–water partition coefficient (Wildman–Crippen LogP) is 2.40. The molecule has 1 unspecified atom stereocenters. The molecule has 2 N–H and O–H groups in total. The molecule has 0 fully saturated rings. The molecule has 0 saturated heterocycles. The summed E-state index contributed by atoms with van der Waals surface area (Å²) in [6.07, 6.45) is 1.07. The Balaban J connectivity index is 2.34. The fourth-order valence-electron chi connectivity index (χ4n) is 2.04. The molecule has 0 aliphatic rings. The molecule has 0 aliphatic heterocycles. The van der Waals surface area contributed by atoms with Crippen LogP contribution in [0.4, 0.5) is 0 Å². The lowest BCUT2D eigenvalue weighted by molar-refractivity contribution is 0.498. The van der Waals surface area contributed by atoms with E-state index in [0.717, 1.165) is 22.2 Å². The van der Waals surface area contributed by atoms with Gasteiger partial charge >= 0.3 is 0 Å². The van der Waals surface area contributed by atoms with Crippen LogP contribution in [-0.4, -0.2) is 26.4 Å². The lowest BCUT2D eigenvalue weighted by Gasteiger charge is -2.13. The van der Waals surface area contributed by atoms with Crippen LogP contribution in [0.25, 0.3) is 4.96 Å². The highest BCUT2D eigenvalue weighted by Gasteiger charge is 2.20. The summed E-state index contributed by atoms with van der Waals surface area (Å²) in [6, 6.07) is 0. The van der Waals surface area contributed by atoms with Crippen molar-refractivity contribution in [1.82, 2.24) is 19.8 Å². The molecule has 100 valence electrons. The molecule has 5 nitrogen and oxygen atoms in total. The van der Waals surface area contributed by atoms with E-state index in [2.05, 4.69) is 43.0 Å². The summed E-state index contributed by atoms with van der Waals surface area (Å²) in [6.45, 7) is 9.26. The summed E-state index contributed by atoms with van der Waals surface area (Å²) in [5, 5.41) is 14.1. The van der Waals surface area contributed by atoms with Crippen LogP contribution in [0.5, 0.6) is 0 Å². The Morgan fingerprint density at radius 2 is 1.94 bits per heavy atom. The average Bonchev–Trinajstić information content (AvgIpc) is 2.83. The number of nitrogens with two attached hydrogens (primary N) is 1. The minimum absolute atomic E-state index is 0.330. The lowest BCUT2D eigenvalue weighted by Crippen LogP contribution is -2.15. The van der Waals surface area contributed by atoms with Gasteiger partial charge in [0.25, 0.3) is 0 Å². The summed E-state index contributed by atoms with van der Waals surface area (Å²) >= 11 is 1.61. The molecule has 2 rings (SSSR count). The second kappa shape index (κ2) is 5.32. The quantitative estimate of drug-likeness (QED) is 0.903. The van der Waals surface area contributed by atoms with E-state index in [4.69, 9.17) is 5.73 Å². The van der Waals surface area contributed by atoms with Crippen molar-refractivity contribution in [2.24, 2.45) is 11.7 Å². The minimum Gasteiger partial charge on any atom is -0.330 e. The molecule has 2 aromatic heterocycles. The van der Waals surface area contributed by atoms with Crippen molar-refractivity contribution in [2.45, 2.75) is 46.0 Å². The van der Waals surface area contributed by atoms with Crippen LogP contribution >= 0.6 is 11.3 Å². The Labute approximate surface area is 111 Å². The predicted molar refractivity (Wildman–Crippen MR) is 74.0 cm³/mol. The zero-order chi connectivity index (χ0) is 13.3. The summed E-state index contributed by atoms with van der Waals surface area (Å²) < 4.78 is 1.87. The third kappa shape index (κ3) is 2.54. The molecule has 18 heavy (non-hydrogen) atoms. The smallest absolute Gasteiger partial charge is 0.234 e. The maximum atomic E-state index is 5.86. The molecule has 0 spiro atoms. The molecular weight excluding hydrogens is 246 g/mol. The molecule has 0 aromatic carbocycles. The number of nitrogens with zero attached hydrogens (tertiary/aromatic N) is 4. The Morgan fingerprint density at radius 3 is 2.50 bits per heavy atom. The van der Waals surface area contributed by atoms with Crippen LogP contribution in [0.2, 0.25) is 0 Å². The fourth-order valence-corrected chi connectivity index (χ4v) is 3.01. The van der Waals surface area contributed by atoms with Gasteiger partial charge in [-0.25, -0.2) is 0 Å². The monoisotopic (exact) mass is 267 g/mol. The summed E-state index contributed by atoms with van der Waals surface area (Å²) in [5.41, 5.74) is 5.86. The zero-order valence-electron chi connectivity index (χ0n) is 11.4. The molecule has 0 amide bonds. The minimum atomic E-state index is 0.330. The van der Waals surface area contributed by atoms with Gasteiger partial charge in [0.2, 0.25) is 4.96 Å². The Hall–Kier alpha value is -1.01. The number of rotatable bonds is 5. The first kappa shape index (κ1) is 13.4. The van der Waals surface area contributed by atoms with Gasteiger partial charge in [-0.1, -0.05) is 39.0 Å². The highest BCUT2D eigenvalue weighted by Crippen LogP contribution is 2.27. The first-order chi connectivity index (χ1) is 8.52. The van der Waals surface area contributed by atoms with E-state index in [1.54, 1.807) is 11.3 Å². The second-order valence-electron chi connectivity index (χ2n) is 5.41. The van der Waals surface area contributed by atoms with E-state index in [-0.39, 0.29) is 0 Å². The second-order valence-corrected chi connectivity index (χ2v) is 6.40. The highest BCUT2D eigenvalue weighted by molar-refractivity contribution is 7.16. The summed E-state index contributed by atoms with van der Waals surface area (Å²) in [4.78, 5) is 0.871. The van der Waals surface area contributed by atoms with Crippen LogP contribution in [0.1, 0.15) is 56.8 Å². The standard InChI is InChI=1S/C12H21N5S/c1-7(2)5-9(6-13)11-16-17-10(8(3)4)14-15-12(17)18-11/h7-9H,5-6,13H2,1-4H3. The number of aromatic nitrogens is 4. The van der Waals surface area contributed by atoms with Crippen molar-refractivity contribution in [3.05, 3.63) is 10.8 Å². The Bertz CT molecular complexity index is 513. The van der Waals surface area contributed by atoms with Gasteiger partial charge in [-0.05, 0) is 12.3 Å². The topological polar surface area (TPSA) is 69.1 Å². The lowest BCUT2D eigenvalue weighted by atomic mass is 9.98. The highest BCUT2D eigenvalue weighted by atomic mass is 32.1. The van der Waals surface area contributed by atoms with E-state index < -0.39 is 0 Å². The molecule has 2 heterocycles. The van der Waals surface area contributed by atoms with Gasteiger partial charge in [-0.15, -0.1) is 10.2 Å². The number of hydrogen-bond donors (Lipinski definition) is 1. The summed E-state index contributed by atoms with van der Waals surface area (Å²) in [7, 11) is 0. The van der Waals surface area contributed by atoms with Gasteiger partial charge in [0.1, 0.15) is 5.01 Å². The van der Waals surface area contributed by atoms with Crippen LogP contribution in [-0.2, 0) is 0 Å². The first-order valence-electron chi connectivity index (χ1n) is 6.45. The molecule has 0 aliphatic carbocycles. The normalized spacial score (nSPS) is 13.9. The van der Waals surface area contributed by atoms with Crippen molar-refractivity contribution in [1.29, 1.82) is 0 Å². The van der Waals surface area contributed by atoms with Crippen LogP contribution in [0, 0.1) is 5.92 Å². The van der Waals surface area contributed by atoms with Gasteiger partial charge in [0.05, 0.1) is 0 Å². The van der Waals surface area contributed by atoms with Gasteiger partial charge in [-0.3, -0.25) is 0 Å². The largest absolute Gasteiger partial charge is 0.330 e. The molecule has 0 bridgehead atoms. The Morgan fingerprint density at radius 1 is 1.22 bits per heavy atom. The van der Waals surface area contributed by atoms with Crippen molar-refractivity contribution in [3.63, 3.8) is 0 Å². The van der Waals surface area contributed by atoms with Gasteiger partial charge in [0.15, 0.2) is 5.82 Å². The first-order valence-corrected chi connectivity index (χ1v) is 7.26. The van der Waals surface area contributed by atoms with E-state index in [9.17, 15) is 0 Å². The van der Waals surface area contributed by atoms with Crippen molar-refractivity contribution in [3.8, 4) is 0 Å². The molecule has 2 aromatic rings. The molecule has 1 atom stereocenters. The molecule has 0 saturated carbocycles. The fraction of sp³-hybridized carbons (Fsp3) is 0.750. The van der Waals surface area contributed by atoms with E-state index in [1.807, 2.05) is 4.52 Å². The molecule has 6 heteroatoms. The molecular formula is C12H21N5S. The van der Waals surface area contributed by atoms with Crippen LogP contribution in [0.3, 0.4) is 0 Å². The van der Waals surface area contributed by atoms with Crippen molar-refractivity contribution < 1.29 is 0 Å². The third-order valence-electron chi connectivity index (χ3n) is 2.94. The maximum absolute atomic E-state index is 5.86. The van der Waals surface area contributed by atoms with E-state index in [1.165, 1.54) is 0 Å². The summed E-state index contributed by atoms with van der Waals surface area (Å²) in [5.74, 6) is 2.21. The Kier molecular flexibility index (Phi) is 3.97. The third-order valence-corrected chi connectivity index (χ3v) is 4.00. The SMILES string of the molecule is CC(C)CC(CN)c1nn2c(C(C)C)nnc2s1. The van der Waals surface area contributed by atoms with Gasteiger partial charge in [0, 0.05) is 18.4 Å². The number of hydrogen-bond acceptors (Lipinski definition) is 5. The van der Waals surface area contributed by atoms with E-state index >= 15 is 0 Å². The molecule has 0 radical (unpaired) electrons. The van der Waals surface area contributed by atoms with Crippen LogP contribution in [0.15, 0.2) is 0 Å². The maximum Gasteiger partial charge on any atom is 0.234 e. The number of fused-ring (bicyclic) bond motifs is 1. The van der Waals surface area contributed by atoms with E-state index in [0.29, 0.717) is 24.3 Å². The average molecular weight is 267 g/mol. The van der Waals surface area contributed by atoms with Gasteiger partial charge in [-0.2, -0.15) is 9.61 Å². The van der Waals surface area contributed by atoms with Crippen LogP contribution < -0.4 is 5.73 Å².